The summed E-state index contributed by atoms with van der Waals surface area (Å²) in [5.41, 5.74) is 0.195. The van der Waals surface area contributed by atoms with Gasteiger partial charge in [-0.2, -0.15) is 0 Å². The fourth-order valence-electron chi connectivity index (χ4n) is 3.23. The standard InChI is InChI=1S/C18H28N2O5S/c1-6-20(14-9-10-26(22,23)12-14)17(21)19-18(2,3)13-7-8-15(24-4)16(11-13)25-5/h7-8,11,14H,6,9-10,12H2,1-5H3,(H,19,21). The first-order valence-corrected chi connectivity index (χ1v) is 10.5. The van der Waals surface area contributed by atoms with E-state index in [2.05, 4.69) is 5.32 Å². The second-order valence-corrected chi connectivity index (χ2v) is 9.20. The van der Waals surface area contributed by atoms with Crippen molar-refractivity contribution in [3.05, 3.63) is 23.8 Å². The first kappa shape index (κ1) is 20.4. The summed E-state index contributed by atoms with van der Waals surface area (Å²) in [7, 11) is 0.0820. The number of sulfone groups is 1. The van der Waals surface area contributed by atoms with Crippen molar-refractivity contribution in [3.63, 3.8) is 0 Å². The number of carbonyl (C=O) groups is 1. The van der Waals surface area contributed by atoms with E-state index in [4.69, 9.17) is 9.47 Å². The summed E-state index contributed by atoms with van der Waals surface area (Å²) in [5, 5.41) is 3.01. The second-order valence-electron chi connectivity index (χ2n) is 6.97. The Balaban J connectivity index is 2.18. The van der Waals surface area contributed by atoms with E-state index in [0.717, 1.165) is 5.56 Å². The van der Waals surface area contributed by atoms with Gasteiger partial charge >= 0.3 is 6.03 Å². The molecule has 1 aliphatic heterocycles. The molecule has 1 saturated heterocycles. The average Bonchev–Trinajstić information content (AvgIpc) is 2.93. The number of hydrogen-bond acceptors (Lipinski definition) is 5. The molecule has 0 saturated carbocycles. The second kappa shape index (κ2) is 7.73. The summed E-state index contributed by atoms with van der Waals surface area (Å²) in [6.07, 6.45) is 0.486. The molecule has 1 atom stereocenters. The maximum Gasteiger partial charge on any atom is 0.318 e. The minimum atomic E-state index is -3.05. The molecule has 8 heteroatoms. The van der Waals surface area contributed by atoms with Crippen molar-refractivity contribution >= 4 is 15.9 Å². The number of rotatable bonds is 6. The van der Waals surface area contributed by atoms with E-state index in [1.165, 1.54) is 0 Å². The van der Waals surface area contributed by atoms with Gasteiger partial charge in [-0.15, -0.1) is 0 Å². The normalized spacial score (nSPS) is 19.0. The van der Waals surface area contributed by atoms with Gasteiger partial charge in [0.05, 0.1) is 31.3 Å². The highest BCUT2D eigenvalue weighted by atomic mass is 32.2. The zero-order valence-corrected chi connectivity index (χ0v) is 16.9. The van der Waals surface area contributed by atoms with Crippen molar-refractivity contribution in [2.45, 2.75) is 38.8 Å². The summed E-state index contributed by atoms with van der Waals surface area (Å²) in [4.78, 5) is 14.4. The highest BCUT2D eigenvalue weighted by molar-refractivity contribution is 7.91. The largest absolute Gasteiger partial charge is 0.493 e. The quantitative estimate of drug-likeness (QED) is 0.812. The lowest BCUT2D eigenvalue weighted by Crippen LogP contribution is -2.52. The van der Waals surface area contributed by atoms with E-state index < -0.39 is 15.4 Å². The van der Waals surface area contributed by atoms with Crippen LogP contribution in [0.4, 0.5) is 4.79 Å². The number of methoxy groups -OCH3 is 2. The number of hydrogen-bond donors (Lipinski definition) is 1. The van der Waals surface area contributed by atoms with Crippen LogP contribution in [-0.4, -0.2) is 57.7 Å². The Bertz CT molecular complexity index is 761. The minimum absolute atomic E-state index is 0.0328. The lowest BCUT2D eigenvalue weighted by atomic mass is 9.94. The maximum atomic E-state index is 12.8. The zero-order chi connectivity index (χ0) is 19.5. The predicted molar refractivity (Wildman–Crippen MR) is 101 cm³/mol. The van der Waals surface area contributed by atoms with Gasteiger partial charge in [0, 0.05) is 12.6 Å². The van der Waals surface area contributed by atoms with Gasteiger partial charge in [0.25, 0.3) is 0 Å². The Morgan fingerprint density at radius 2 is 1.92 bits per heavy atom. The van der Waals surface area contributed by atoms with Gasteiger partial charge in [-0.05, 0) is 44.9 Å². The van der Waals surface area contributed by atoms with E-state index in [-0.39, 0.29) is 23.6 Å². The van der Waals surface area contributed by atoms with Crippen LogP contribution in [0.5, 0.6) is 11.5 Å². The van der Waals surface area contributed by atoms with E-state index in [0.29, 0.717) is 24.5 Å². The van der Waals surface area contributed by atoms with Crippen LogP contribution in [0, 0.1) is 0 Å². The molecule has 0 spiro atoms. The van der Waals surface area contributed by atoms with Crippen LogP contribution in [-0.2, 0) is 15.4 Å². The minimum Gasteiger partial charge on any atom is -0.493 e. The molecule has 1 aromatic rings. The van der Waals surface area contributed by atoms with Gasteiger partial charge in [0.2, 0.25) is 0 Å². The molecule has 0 aromatic heterocycles. The van der Waals surface area contributed by atoms with Gasteiger partial charge in [-0.25, -0.2) is 13.2 Å². The Hall–Kier alpha value is -1.96. The maximum absolute atomic E-state index is 12.8. The Morgan fingerprint density at radius 1 is 1.27 bits per heavy atom. The van der Waals surface area contributed by atoms with Crippen molar-refractivity contribution < 1.29 is 22.7 Å². The number of nitrogens with one attached hydrogen (secondary N) is 1. The Morgan fingerprint density at radius 3 is 2.42 bits per heavy atom. The van der Waals surface area contributed by atoms with Crippen LogP contribution < -0.4 is 14.8 Å². The van der Waals surface area contributed by atoms with Crippen LogP contribution in [0.2, 0.25) is 0 Å². The molecule has 1 aliphatic rings. The van der Waals surface area contributed by atoms with Gasteiger partial charge in [-0.1, -0.05) is 6.07 Å². The van der Waals surface area contributed by atoms with E-state index in [1.807, 2.05) is 32.9 Å². The Labute approximate surface area is 155 Å². The highest BCUT2D eigenvalue weighted by Crippen LogP contribution is 2.32. The van der Waals surface area contributed by atoms with Crippen molar-refractivity contribution in [1.29, 1.82) is 0 Å². The molecule has 1 N–H and O–H groups in total. The number of nitrogens with zero attached hydrogens (tertiary/aromatic N) is 1. The Kier molecular flexibility index (Phi) is 6.05. The molecule has 146 valence electrons. The first-order valence-electron chi connectivity index (χ1n) is 8.65. The molecule has 2 amide bonds. The third kappa shape index (κ3) is 4.41. The highest BCUT2D eigenvalue weighted by Gasteiger charge is 2.35. The lowest BCUT2D eigenvalue weighted by molar-refractivity contribution is 0.173. The SMILES string of the molecule is CCN(C(=O)NC(C)(C)c1ccc(OC)c(OC)c1)C1CCS(=O)(=O)C1. The first-order chi connectivity index (χ1) is 12.1. The van der Waals surface area contributed by atoms with Gasteiger partial charge in [-0.3, -0.25) is 0 Å². The summed E-state index contributed by atoms with van der Waals surface area (Å²) in [6.45, 7) is 6.10. The van der Waals surface area contributed by atoms with Crippen LogP contribution >= 0.6 is 0 Å². The van der Waals surface area contributed by atoms with Crippen molar-refractivity contribution in [2.24, 2.45) is 0 Å². The molecule has 7 nitrogen and oxygen atoms in total. The lowest BCUT2D eigenvalue weighted by Gasteiger charge is -2.33. The summed E-state index contributed by atoms with van der Waals surface area (Å²) >= 11 is 0. The third-order valence-electron chi connectivity index (χ3n) is 4.78. The smallest absolute Gasteiger partial charge is 0.318 e. The van der Waals surface area contributed by atoms with Crippen LogP contribution in [0.3, 0.4) is 0 Å². The summed E-state index contributed by atoms with van der Waals surface area (Å²) in [6, 6.07) is 4.96. The van der Waals surface area contributed by atoms with Crippen LogP contribution in [0.15, 0.2) is 18.2 Å². The van der Waals surface area contributed by atoms with Crippen molar-refractivity contribution in [2.75, 3.05) is 32.3 Å². The van der Waals surface area contributed by atoms with Crippen LogP contribution in [0.1, 0.15) is 32.8 Å². The molecule has 2 rings (SSSR count). The molecule has 0 aliphatic carbocycles. The molecule has 1 unspecified atom stereocenters. The van der Waals surface area contributed by atoms with E-state index >= 15 is 0 Å². The zero-order valence-electron chi connectivity index (χ0n) is 16.0. The van der Waals surface area contributed by atoms with Crippen LogP contribution in [0.25, 0.3) is 0 Å². The number of amides is 2. The number of urea groups is 1. The number of ether oxygens (including phenoxy) is 2. The predicted octanol–water partition coefficient (Wildman–Crippen LogP) is 2.16. The average molecular weight is 384 g/mol. The molecule has 1 fully saturated rings. The van der Waals surface area contributed by atoms with E-state index in [1.54, 1.807) is 25.2 Å². The van der Waals surface area contributed by atoms with Crippen molar-refractivity contribution in [1.82, 2.24) is 10.2 Å². The molecule has 1 heterocycles. The summed E-state index contributed by atoms with van der Waals surface area (Å²) in [5.74, 6) is 1.37. The molecule has 0 radical (unpaired) electrons. The molecule has 1 aromatic carbocycles. The van der Waals surface area contributed by atoms with Gasteiger partial charge in [0.1, 0.15) is 0 Å². The monoisotopic (exact) mass is 384 g/mol. The fourth-order valence-corrected chi connectivity index (χ4v) is 4.96. The third-order valence-corrected chi connectivity index (χ3v) is 6.53. The molecular formula is C18H28N2O5S. The summed E-state index contributed by atoms with van der Waals surface area (Å²) < 4.78 is 34.1. The van der Waals surface area contributed by atoms with Gasteiger partial charge in [0.15, 0.2) is 21.3 Å². The number of carbonyl (C=O) groups excluding carboxylic acids is 1. The molecular weight excluding hydrogens is 356 g/mol. The molecule has 26 heavy (non-hydrogen) atoms. The topological polar surface area (TPSA) is 84.9 Å². The number of benzene rings is 1. The van der Waals surface area contributed by atoms with Crippen molar-refractivity contribution in [3.8, 4) is 11.5 Å². The van der Waals surface area contributed by atoms with E-state index in [9.17, 15) is 13.2 Å². The fraction of sp³-hybridized carbons (Fsp3) is 0.611. The molecule has 0 bridgehead atoms. The van der Waals surface area contributed by atoms with Gasteiger partial charge < -0.3 is 19.7 Å².